The molecule has 112 valence electrons. The average Bonchev–Trinajstić information content (AvgIpc) is 2.43. The van der Waals surface area contributed by atoms with Gasteiger partial charge in [-0.05, 0) is 50.9 Å². The highest BCUT2D eigenvalue weighted by atomic mass is 19.1. The normalized spacial score (nSPS) is 12.4. The molecule has 0 radical (unpaired) electrons. The Balaban J connectivity index is 2.21. The van der Waals surface area contributed by atoms with E-state index in [0.29, 0.717) is 0 Å². The third-order valence-corrected chi connectivity index (χ3v) is 3.47. The highest BCUT2D eigenvalue weighted by molar-refractivity contribution is 5.30. The van der Waals surface area contributed by atoms with Crippen LogP contribution in [-0.4, -0.2) is 11.5 Å². The third-order valence-electron chi connectivity index (χ3n) is 3.47. The number of hydrogen-bond acceptors (Lipinski definition) is 2. The molecule has 2 aromatic rings. The lowest BCUT2D eigenvalue weighted by molar-refractivity contribution is 0.514. The van der Waals surface area contributed by atoms with Gasteiger partial charge in [0.25, 0.3) is 0 Å². The first kappa shape index (κ1) is 15.6. The van der Waals surface area contributed by atoms with Gasteiger partial charge in [0.15, 0.2) is 0 Å². The van der Waals surface area contributed by atoms with Gasteiger partial charge in [0.05, 0.1) is 17.9 Å². The van der Waals surface area contributed by atoms with Crippen molar-refractivity contribution >= 4 is 0 Å². The zero-order chi connectivity index (χ0) is 15.2. The molecule has 1 heterocycles. The summed E-state index contributed by atoms with van der Waals surface area (Å²) in [6.45, 7) is 7.29. The van der Waals surface area contributed by atoms with E-state index in [2.05, 4.69) is 49.3 Å². The molecule has 1 aromatic heterocycles. The van der Waals surface area contributed by atoms with Crippen LogP contribution in [0.1, 0.15) is 41.8 Å². The first-order valence-corrected chi connectivity index (χ1v) is 7.50. The van der Waals surface area contributed by atoms with E-state index in [1.165, 1.54) is 29.0 Å². The molecule has 2 rings (SSSR count). The summed E-state index contributed by atoms with van der Waals surface area (Å²) in [6.07, 6.45) is 3.21. The van der Waals surface area contributed by atoms with E-state index in [0.717, 1.165) is 25.1 Å². The molecular formula is C18H23FN2. The van der Waals surface area contributed by atoms with Crippen molar-refractivity contribution in [2.45, 2.75) is 39.7 Å². The van der Waals surface area contributed by atoms with Crippen LogP contribution in [0.25, 0.3) is 0 Å². The van der Waals surface area contributed by atoms with Gasteiger partial charge in [-0.1, -0.05) is 36.2 Å². The predicted molar refractivity (Wildman–Crippen MR) is 84.8 cm³/mol. The number of aromatic nitrogens is 1. The summed E-state index contributed by atoms with van der Waals surface area (Å²) in [5.41, 5.74) is 4.72. The minimum atomic E-state index is -0.292. The Morgan fingerprint density at radius 1 is 1.14 bits per heavy atom. The zero-order valence-electron chi connectivity index (χ0n) is 13.0. The molecule has 21 heavy (non-hydrogen) atoms. The van der Waals surface area contributed by atoms with Crippen LogP contribution in [0.3, 0.4) is 0 Å². The fourth-order valence-corrected chi connectivity index (χ4v) is 2.62. The molecule has 1 unspecified atom stereocenters. The summed E-state index contributed by atoms with van der Waals surface area (Å²) in [7, 11) is 0. The van der Waals surface area contributed by atoms with Crippen molar-refractivity contribution in [1.82, 2.24) is 10.3 Å². The summed E-state index contributed by atoms with van der Waals surface area (Å²) >= 11 is 0. The molecule has 0 aliphatic heterocycles. The van der Waals surface area contributed by atoms with Gasteiger partial charge >= 0.3 is 0 Å². The summed E-state index contributed by atoms with van der Waals surface area (Å²) < 4.78 is 13.1. The standard InChI is InChI=1S/C18H23FN2/c1-4-7-20-18(17-6-5-16(19)12-21-17)11-15-9-13(2)8-14(3)10-15/h5-6,8-10,12,18,20H,4,7,11H2,1-3H3. The second-order valence-electron chi connectivity index (χ2n) is 5.61. The van der Waals surface area contributed by atoms with Crippen LogP contribution in [0.2, 0.25) is 0 Å². The maximum absolute atomic E-state index is 13.1. The molecule has 1 aromatic carbocycles. The highest BCUT2D eigenvalue weighted by Crippen LogP contribution is 2.19. The SMILES string of the molecule is CCCNC(Cc1cc(C)cc(C)c1)c1ccc(F)cn1. The second kappa shape index (κ2) is 7.32. The Bertz CT molecular complexity index is 558. The molecule has 0 bridgehead atoms. The van der Waals surface area contributed by atoms with Crippen LogP contribution >= 0.6 is 0 Å². The van der Waals surface area contributed by atoms with Gasteiger partial charge in [-0.3, -0.25) is 4.98 Å². The van der Waals surface area contributed by atoms with E-state index in [1.54, 1.807) is 6.07 Å². The minimum Gasteiger partial charge on any atom is -0.308 e. The number of halogens is 1. The van der Waals surface area contributed by atoms with Crippen molar-refractivity contribution in [3.8, 4) is 0 Å². The Kier molecular flexibility index (Phi) is 5.45. The van der Waals surface area contributed by atoms with Crippen LogP contribution in [0.15, 0.2) is 36.5 Å². The van der Waals surface area contributed by atoms with Crippen molar-refractivity contribution in [1.29, 1.82) is 0 Å². The van der Waals surface area contributed by atoms with E-state index in [4.69, 9.17) is 0 Å². The third kappa shape index (κ3) is 4.64. The zero-order valence-corrected chi connectivity index (χ0v) is 13.0. The van der Waals surface area contributed by atoms with Gasteiger partial charge in [0.2, 0.25) is 0 Å². The molecule has 3 heteroatoms. The van der Waals surface area contributed by atoms with E-state index in [9.17, 15) is 4.39 Å². The molecule has 0 fully saturated rings. The molecule has 1 atom stereocenters. The summed E-state index contributed by atoms with van der Waals surface area (Å²) in [5.74, 6) is -0.292. The van der Waals surface area contributed by atoms with Crippen LogP contribution in [-0.2, 0) is 6.42 Å². The van der Waals surface area contributed by atoms with E-state index >= 15 is 0 Å². The lowest BCUT2D eigenvalue weighted by Crippen LogP contribution is -2.25. The molecule has 2 nitrogen and oxygen atoms in total. The van der Waals surface area contributed by atoms with E-state index in [1.807, 2.05) is 0 Å². The number of rotatable bonds is 6. The number of aryl methyl sites for hydroxylation is 2. The van der Waals surface area contributed by atoms with Crippen molar-refractivity contribution in [3.63, 3.8) is 0 Å². The van der Waals surface area contributed by atoms with Gasteiger partial charge in [-0.25, -0.2) is 4.39 Å². The second-order valence-corrected chi connectivity index (χ2v) is 5.61. The van der Waals surface area contributed by atoms with Gasteiger partial charge in [0.1, 0.15) is 5.82 Å². The summed E-state index contributed by atoms with van der Waals surface area (Å²) in [6, 6.07) is 9.95. The van der Waals surface area contributed by atoms with Crippen molar-refractivity contribution < 1.29 is 4.39 Å². The fraction of sp³-hybridized carbons (Fsp3) is 0.389. The van der Waals surface area contributed by atoms with Crippen molar-refractivity contribution in [2.24, 2.45) is 0 Å². The number of hydrogen-bond donors (Lipinski definition) is 1. The predicted octanol–water partition coefficient (Wildman–Crippen LogP) is 4.12. The van der Waals surface area contributed by atoms with Crippen LogP contribution in [0.5, 0.6) is 0 Å². The Labute approximate surface area is 126 Å². The number of benzene rings is 1. The molecule has 0 spiro atoms. The summed E-state index contributed by atoms with van der Waals surface area (Å²) in [4.78, 5) is 4.24. The quantitative estimate of drug-likeness (QED) is 0.864. The fourth-order valence-electron chi connectivity index (χ4n) is 2.62. The maximum atomic E-state index is 13.1. The lowest BCUT2D eigenvalue weighted by Gasteiger charge is -2.19. The van der Waals surface area contributed by atoms with E-state index < -0.39 is 0 Å². The monoisotopic (exact) mass is 286 g/mol. The molecule has 1 N–H and O–H groups in total. The Hall–Kier alpha value is -1.74. The van der Waals surface area contributed by atoms with Gasteiger partial charge < -0.3 is 5.32 Å². The minimum absolute atomic E-state index is 0.117. The van der Waals surface area contributed by atoms with Gasteiger partial charge in [-0.15, -0.1) is 0 Å². The molecular weight excluding hydrogens is 263 g/mol. The topological polar surface area (TPSA) is 24.9 Å². The Morgan fingerprint density at radius 3 is 2.43 bits per heavy atom. The van der Waals surface area contributed by atoms with Crippen LogP contribution in [0.4, 0.5) is 4.39 Å². The molecule has 0 saturated heterocycles. The number of pyridine rings is 1. The largest absolute Gasteiger partial charge is 0.308 e. The highest BCUT2D eigenvalue weighted by Gasteiger charge is 2.13. The summed E-state index contributed by atoms with van der Waals surface area (Å²) in [5, 5.41) is 3.51. The van der Waals surface area contributed by atoms with Gasteiger partial charge in [0, 0.05) is 0 Å². The van der Waals surface area contributed by atoms with Gasteiger partial charge in [-0.2, -0.15) is 0 Å². The van der Waals surface area contributed by atoms with E-state index in [-0.39, 0.29) is 11.9 Å². The molecule has 0 saturated carbocycles. The smallest absolute Gasteiger partial charge is 0.141 e. The first-order chi connectivity index (χ1) is 10.1. The number of nitrogens with one attached hydrogen (secondary N) is 1. The van der Waals surface area contributed by atoms with Crippen LogP contribution in [0, 0.1) is 19.7 Å². The number of nitrogens with zero attached hydrogens (tertiary/aromatic N) is 1. The molecule has 0 amide bonds. The maximum Gasteiger partial charge on any atom is 0.141 e. The van der Waals surface area contributed by atoms with Crippen molar-refractivity contribution in [2.75, 3.05) is 6.54 Å². The van der Waals surface area contributed by atoms with Crippen LogP contribution < -0.4 is 5.32 Å². The average molecular weight is 286 g/mol. The molecule has 0 aliphatic rings. The molecule has 0 aliphatic carbocycles. The Morgan fingerprint density at radius 2 is 1.86 bits per heavy atom. The van der Waals surface area contributed by atoms with Crippen molar-refractivity contribution in [3.05, 3.63) is 64.7 Å². The lowest BCUT2D eigenvalue weighted by atomic mass is 9.99. The first-order valence-electron chi connectivity index (χ1n) is 7.50.